The maximum absolute atomic E-state index is 10.5. The third-order valence-electron chi connectivity index (χ3n) is 1.80. The summed E-state index contributed by atoms with van der Waals surface area (Å²) in [6, 6.07) is 0.881. The molecule has 6 nitrogen and oxygen atoms in total. The highest BCUT2D eigenvalue weighted by Gasteiger charge is 2.11. The molecule has 15 heavy (non-hydrogen) atoms. The Kier molecular flexibility index (Phi) is 4.14. The van der Waals surface area contributed by atoms with Gasteiger partial charge in [-0.05, 0) is 13.0 Å². The molecule has 0 radical (unpaired) electrons. The monoisotopic (exact) mass is 214 g/mol. The van der Waals surface area contributed by atoms with Crippen LogP contribution in [0.25, 0.3) is 0 Å². The van der Waals surface area contributed by atoms with Crippen molar-refractivity contribution in [2.24, 2.45) is 5.73 Å². The third-order valence-corrected chi connectivity index (χ3v) is 1.80. The van der Waals surface area contributed by atoms with Crippen molar-refractivity contribution in [3.63, 3.8) is 0 Å². The van der Waals surface area contributed by atoms with E-state index >= 15 is 0 Å². The number of hydroxylamine groups is 2. The SMILES string of the molecule is CC(CN(O)C(N)=O)OCc1ccoc1. The molecule has 6 heteroatoms. The molecule has 0 saturated heterocycles. The van der Waals surface area contributed by atoms with Gasteiger partial charge in [0.2, 0.25) is 0 Å². The van der Waals surface area contributed by atoms with Gasteiger partial charge in [-0.15, -0.1) is 0 Å². The van der Waals surface area contributed by atoms with Gasteiger partial charge in [-0.2, -0.15) is 0 Å². The Hall–Kier alpha value is -1.53. The number of amides is 2. The zero-order chi connectivity index (χ0) is 11.3. The van der Waals surface area contributed by atoms with E-state index < -0.39 is 6.03 Å². The molecule has 0 aromatic carbocycles. The standard InChI is InChI=1S/C9H14N2O4/c1-7(4-11(13)9(10)12)15-6-8-2-3-14-5-8/h2-3,5,7,13H,4,6H2,1H3,(H2,10,12). The van der Waals surface area contributed by atoms with Crippen molar-refractivity contribution in [1.82, 2.24) is 5.06 Å². The van der Waals surface area contributed by atoms with E-state index in [0.29, 0.717) is 11.7 Å². The first-order valence-electron chi connectivity index (χ1n) is 4.48. The van der Waals surface area contributed by atoms with Gasteiger partial charge < -0.3 is 14.9 Å². The van der Waals surface area contributed by atoms with Gasteiger partial charge in [0.25, 0.3) is 0 Å². The lowest BCUT2D eigenvalue weighted by Crippen LogP contribution is -2.38. The van der Waals surface area contributed by atoms with E-state index in [-0.39, 0.29) is 12.6 Å². The predicted octanol–water partition coefficient (Wildman–Crippen LogP) is 0.955. The van der Waals surface area contributed by atoms with Gasteiger partial charge in [-0.3, -0.25) is 5.21 Å². The third kappa shape index (κ3) is 4.01. The summed E-state index contributed by atoms with van der Waals surface area (Å²) >= 11 is 0. The Morgan fingerprint density at radius 2 is 2.53 bits per heavy atom. The summed E-state index contributed by atoms with van der Waals surface area (Å²) in [4.78, 5) is 10.5. The molecule has 0 aliphatic carbocycles. The maximum atomic E-state index is 10.5. The summed E-state index contributed by atoms with van der Waals surface area (Å²) in [6.45, 7) is 2.13. The van der Waals surface area contributed by atoms with Gasteiger partial charge >= 0.3 is 6.03 Å². The Morgan fingerprint density at radius 3 is 3.07 bits per heavy atom. The van der Waals surface area contributed by atoms with Gasteiger partial charge in [0, 0.05) is 5.56 Å². The fourth-order valence-electron chi connectivity index (χ4n) is 0.999. The van der Waals surface area contributed by atoms with Crippen LogP contribution in [0.3, 0.4) is 0 Å². The van der Waals surface area contributed by atoms with Gasteiger partial charge in [0.15, 0.2) is 0 Å². The molecule has 1 unspecified atom stereocenters. The first-order valence-corrected chi connectivity index (χ1v) is 4.48. The van der Waals surface area contributed by atoms with Gasteiger partial charge in [-0.1, -0.05) is 0 Å². The fourth-order valence-corrected chi connectivity index (χ4v) is 0.999. The second kappa shape index (κ2) is 5.38. The quantitative estimate of drug-likeness (QED) is 0.564. The fraction of sp³-hybridized carbons (Fsp3) is 0.444. The van der Waals surface area contributed by atoms with Crippen LogP contribution >= 0.6 is 0 Å². The number of carbonyl (C=O) groups excluding carboxylic acids is 1. The van der Waals surface area contributed by atoms with Crippen molar-refractivity contribution < 1.29 is 19.2 Å². The summed E-state index contributed by atoms with van der Waals surface area (Å²) in [5, 5.41) is 9.43. The molecule has 0 spiro atoms. The average Bonchev–Trinajstić information content (AvgIpc) is 2.66. The summed E-state index contributed by atoms with van der Waals surface area (Å²) in [7, 11) is 0. The number of primary amides is 1. The Morgan fingerprint density at radius 1 is 1.80 bits per heavy atom. The van der Waals surface area contributed by atoms with Crippen LogP contribution in [0.2, 0.25) is 0 Å². The van der Waals surface area contributed by atoms with E-state index in [1.807, 2.05) is 0 Å². The first kappa shape index (κ1) is 11.5. The summed E-state index contributed by atoms with van der Waals surface area (Å²) in [5.41, 5.74) is 5.74. The lowest BCUT2D eigenvalue weighted by molar-refractivity contribution is -0.0795. The summed E-state index contributed by atoms with van der Waals surface area (Å²) in [6.07, 6.45) is 2.81. The first-order chi connectivity index (χ1) is 7.09. The molecule has 84 valence electrons. The Labute approximate surface area is 87.2 Å². The molecule has 1 rings (SSSR count). The van der Waals surface area contributed by atoms with Crippen LogP contribution in [0.1, 0.15) is 12.5 Å². The van der Waals surface area contributed by atoms with E-state index in [9.17, 15) is 4.79 Å². The molecular formula is C9H14N2O4. The number of urea groups is 1. The number of hydrogen-bond donors (Lipinski definition) is 2. The topological polar surface area (TPSA) is 88.9 Å². The van der Waals surface area contributed by atoms with Crippen LogP contribution in [0.15, 0.2) is 23.0 Å². The number of ether oxygens (including phenoxy) is 1. The number of carbonyl (C=O) groups is 1. The smallest absolute Gasteiger partial charge is 0.338 e. The normalized spacial score (nSPS) is 12.4. The Bertz CT molecular complexity index is 299. The van der Waals surface area contributed by atoms with Crippen LogP contribution in [-0.4, -0.2) is 29.0 Å². The van der Waals surface area contributed by atoms with Crippen LogP contribution < -0.4 is 5.73 Å². The number of nitrogens with two attached hydrogens (primary N) is 1. The van der Waals surface area contributed by atoms with Crippen molar-refractivity contribution in [3.8, 4) is 0 Å². The van der Waals surface area contributed by atoms with Crippen molar-refractivity contribution in [2.45, 2.75) is 19.6 Å². The van der Waals surface area contributed by atoms with E-state index in [0.717, 1.165) is 5.56 Å². The summed E-state index contributed by atoms with van der Waals surface area (Å²) < 4.78 is 10.2. The van der Waals surface area contributed by atoms with Crippen molar-refractivity contribution in [3.05, 3.63) is 24.2 Å². The molecule has 1 aromatic rings. The lowest BCUT2D eigenvalue weighted by atomic mass is 10.3. The molecule has 0 fully saturated rings. The predicted molar refractivity (Wildman–Crippen MR) is 51.0 cm³/mol. The minimum Gasteiger partial charge on any atom is -0.472 e. The van der Waals surface area contributed by atoms with Crippen molar-refractivity contribution in [2.75, 3.05) is 6.54 Å². The average molecular weight is 214 g/mol. The second-order valence-corrected chi connectivity index (χ2v) is 3.17. The molecule has 3 N–H and O–H groups in total. The molecule has 0 bridgehead atoms. The Balaban J connectivity index is 2.24. The van der Waals surface area contributed by atoms with Crippen LogP contribution in [0, 0.1) is 0 Å². The van der Waals surface area contributed by atoms with Gasteiger partial charge in [0.05, 0.1) is 31.8 Å². The van der Waals surface area contributed by atoms with Crippen LogP contribution in [0.5, 0.6) is 0 Å². The zero-order valence-corrected chi connectivity index (χ0v) is 8.42. The minimum absolute atomic E-state index is 0.0349. The number of nitrogens with zero attached hydrogens (tertiary/aromatic N) is 1. The number of hydrogen-bond acceptors (Lipinski definition) is 4. The molecule has 1 aromatic heterocycles. The molecule has 1 atom stereocenters. The molecule has 0 aliphatic heterocycles. The molecule has 1 heterocycles. The molecule has 2 amide bonds. The largest absolute Gasteiger partial charge is 0.472 e. The van der Waals surface area contributed by atoms with Crippen LogP contribution in [0.4, 0.5) is 4.79 Å². The molecule has 0 aliphatic rings. The summed E-state index contributed by atoms with van der Waals surface area (Å²) in [5.74, 6) is 0. The number of rotatable bonds is 5. The highest BCUT2D eigenvalue weighted by Crippen LogP contribution is 2.04. The second-order valence-electron chi connectivity index (χ2n) is 3.17. The van der Waals surface area contributed by atoms with Crippen molar-refractivity contribution in [1.29, 1.82) is 0 Å². The van der Waals surface area contributed by atoms with Crippen LogP contribution in [-0.2, 0) is 11.3 Å². The highest BCUT2D eigenvalue weighted by atomic mass is 16.5. The number of furan rings is 1. The lowest BCUT2D eigenvalue weighted by Gasteiger charge is -2.17. The minimum atomic E-state index is -0.895. The highest BCUT2D eigenvalue weighted by molar-refractivity contribution is 5.70. The molecule has 0 saturated carbocycles. The van der Waals surface area contributed by atoms with E-state index in [1.54, 1.807) is 25.5 Å². The van der Waals surface area contributed by atoms with E-state index in [2.05, 4.69) is 0 Å². The van der Waals surface area contributed by atoms with Gasteiger partial charge in [0.1, 0.15) is 0 Å². The van der Waals surface area contributed by atoms with Crippen molar-refractivity contribution >= 4 is 6.03 Å². The maximum Gasteiger partial charge on any atom is 0.338 e. The van der Waals surface area contributed by atoms with E-state index in [4.69, 9.17) is 20.1 Å². The van der Waals surface area contributed by atoms with Gasteiger partial charge in [-0.25, -0.2) is 9.86 Å². The van der Waals surface area contributed by atoms with E-state index in [1.165, 1.54) is 0 Å². The molecular weight excluding hydrogens is 200 g/mol. The zero-order valence-electron chi connectivity index (χ0n) is 8.42.